The number of ether oxygens (including phenoxy) is 1. The van der Waals surface area contributed by atoms with Crippen molar-refractivity contribution in [2.45, 2.75) is 32.1 Å². The van der Waals surface area contributed by atoms with Crippen LogP contribution < -0.4 is 4.74 Å². The fourth-order valence-corrected chi connectivity index (χ4v) is 3.91. The number of carboxylic acids is 1. The SMILES string of the molecule is COc1ccccc1CCC(=O)N1CCC(Cc2ccccc2C(=O)O)CC1. The fourth-order valence-electron chi connectivity index (χ4n) is 3.91. The Morgan fingerprint density at radius 1 is 1.04 bits per heavy atom. The van der Waals surface area contributed by atoms with Crippen LogP contribution in [0.25, 0.3) is 0 Å². The van der Waals surface area contributed by atoms with Gasteiger partial charge in [0.15, 0.2) is 0 Å². The fraction of sp³-hybridized carbons (Fsp3) is 0.391. The van der Waals surface area contributed by atoms with E-state index in [1.54, 1.807) is 19.2 Å². The molecule has 28 heavy (non-hydrogen) atoms. The Kier molecular flexibility index (Phi) is 6.69. The van der Waals surface area contributed by atoms with Gasteiger partial charge in [-0.25, -0.2) is 4.79 Å². The molecule has 0 saturated carbocycles. The summed E-state index contributed by atoms with van der Waals surface area (Å²) >= 11 is 0. The van der Waals surface area contributed by atoms with Gasteiger partial charge in [-0.05, 0) is 54.9 Å². The van der Waals surface area contributed by atoms with E-state index in [1.165, 1.54) is 0 Å². The van der Waals surface area contributed by atoms with Gasteiger partial charge in [0, 0.05) is 19.5 Å². The zero-order valence-electron chi connectivity index (χ0n) is 16.3. The van der Waals surface area contributed by atoms with Crippen LogP contribution in [0.5, 0.6) is 5.75 Å². The summed E-state index contributed by atoms with van der Waals surface area (Å²) in [5.41, 5.74) is 2.33. The summed E-state index contributed by atoms with van der Waals surface area (Å²) in [6, 6.07) is 15.0. The van der Waals surface area contributed by atoms with E-state index in [2.05, 4.69) is 0 Å². The lowest BCUT2D eigenvalue weighted by Crippen LogP contribution is -2.39. The van der Waals surface area contributed by atoms with E-state index in [0.717, 1.165) is 49.2 Å². The van der Waals surface area contributed by atoms with Crippen molar-refractivity contribution >= 4 is 11.9 Å². The van der Waals surface area contributed by atoms with Gasteiger partial charge in [-0.15, -0.1) is 0 Å². The Morgan fingerprint density at radius 3 is 2.36 bits per heavy atom. The van der Waals surface area contributed by atoms with E-state index in [0.29, 0.717) is 24.3 Å². The van der Waals surface area contributed by atoms with Crippen LogP contribution in [0.2, 0.25) is 0 Å². The van der Waals surface area contributed by atoms with E-state index in [1.807, 2.05) is 41.3 Å². The van der Waals surface area contributed by atoms with Crippen LogP contribution in [0.4, 0.5) is 0 Å². The van der Waals surface area contributed by atoms with Gasteiger partial charge in [0.25, 0.3) is 0 Å². The maximum absolute atomic E-state index is 12.6. The minimum absolute atomic E-state index is 0.176. The molecule has 0 aliphatic carbocycles. The van der Waals surface area contributed by atoms with Crippen LogP contribution in [0.1, 0.15) is 40.7 Å². The number of rotatable bonds is 7. The second-order valence-electron chi connectivity index (χ2n) is 7.30. The van der Waals surface area contributed by atoms with Crippen molar-refractivity contribution in [3.05, 3.63) is 65.2 Å². The molecule has 0 aromatic heterocycles. The number of benzene rings is 2. The summed E-state index contributed by atoms with van der Waals surface area (Å²) < 4.78 is 5.35. The Balaban J connectivity index is 1.50. The molecule has 1 fully saturated rings. The summed E-state index contributed by atoms with van der Waals surface area (Å²) in [5, 5.41) is 9.34. The zero-order chi connectivity index (χ0) is 19.9. The summed E-state index contributed by atoms with van der Waals surface area (Å²) in [6.45, 7) is 1.48. The molecule has 148 valence electrons. The molecule has 0 bridgehead atoms. The molecule has 5 nitrogen and oxygen atoms in total. The number of nitrogens with zero attached hydrogens (tertiary/aromatic N) is 1. The molecule has 1 N–H and O–H groups in total. The average molecular weight is 381 g/mol. The van der Waals surface area contributed by atoms with Gasteiger partial charge >= 0.3 is 5.97 Å². The van der Waals surface area contributed by atoms with Gasteiger partial charge in [-0.1, -0.05) is 36.4 Å². The molecule has 1 heterocycles. The predicted molar refractivity (Wildman–Crippen MR) is 108 cm³/mol. The molecule has 5 heteroatoms. The van der Waals surface area contributed by atoms with Crippen LogP contribution in [0, 0.1) is 5.92 Å². The lowest BCUT2D eigenvalue weighted by molar-refractivity contribution is -0.132. The number of hydrogen-bond acceptors (Lipinski definition) is 3. The maximum Gasteiger partial charge on any atom is 0.335 e. The van der Waals surface area contributed by atoms with E-state index < -0.39 is 5.97 Å². The van der Waals surface area contributed by atoms with Gasteiger partial charge in [0.1, 0.15) is 5.75 Å². The van der Waals surface area contributed by atoms with Crippen molar-refractivity contribution in [1.29, 1.82) is 0 Å². The van der Waals surface area contributed by atoms with Crippen molar-refractivity contribution in [3.63, 3.8) is 0 Å². The molecule has 0 spiro atoms. The van der Waals surface area contributed by atoms with Crippen molar-refractivity contribution in [3.8, 4) is 5.75 Å². The van der Waals surface area contributed by atoms with Crippen LogP contribution in [-0.2, 0) is 17.6 Å². The molecular weight excluding hydrogens is 354 g/mol. The lowest BCUT2D eigenvalue weighted by atomic mass is 9.88. The van der Waals surface area contributed by atoms with Crippen LogP contribution >= 0.6 is 0 Å². The zero-order valence-corrected chi connectivity index (χ0v) is 16.3. The first kappa shape index (κ1) is 19.9. The molecule has 2 aromatic rings. The van der Waals surface area contributed by atoms with Crippen molar-refractivity contribution in [2.75, 3.05) is 20.2 Å². The standard InChI is InChI=1S/C23H27NO4/c1-28-21-9-5-3-6-18(21)10-11-22(25)24-14-12-17(13-15-24)16-19-7-2-4-8-20(19)23(26)27/h2-9,17H,10-16H2,1H3,(H,26,27). The predicted octanol–water partition coefficient (Wildman–Crippen LogP) is 3.81. The van der Waals surface area contributed by atoms with Gasteiger partial charge < -0.3 is 14.7 Å². The van der Waals surface area contributed by atoms with E-state index >= 15 is 0 Å². The molecule has 1 aliphatic heterocycles. The number of hydrogen-bond donors (Lipinski definition) is 1. The average Bonchev–Trinajstić information content (AvgIpc) is 2.73. The number of methoxy groups -OCH3 is 1. The minimum Gasteiger partial charge on any atom is -0.496 e. The number of para-hydroxylation sites is 1. The number of carboxylic acid groups (broad SMARTS) is 1. The molecule has 1 saturated heterocycles. The smallest absolute Gasteiger partial charge is 0.335 e. The second kappa shape index (κ2) is 9.40. The number of carbonyl (C=O) groups is 2. The molecule has 0 radical (unpaired) electrons. The largest absolute Gasteiger partial charge is 0.496 e. The first-order valence-electron chi connectivity index (χ1n) is 9.79. The normalized spacial score (nSPS) is 14.7. The maximum atomic E-state index is 12.6. The Hall–Kier alpha value is -2.82. The van der Waals surface area contributed by atoms with E-state index in [4.69, 9.17) is 4.74 Å². The third kappa shape index (κ3) is 4.91. The monoisotopic (exact) mass is 381 g/mol. The topological polar surface area (TPSA) is 66.8 Å². The van der Waals surface area contributed by atoms with Crippen molar-refractivity contribution in [2.24, 2.45) is 5.92 Å². The molecule has 1 amide bonds. The highest BCUT2D eigenvalue weighted by molar-refractivity contribution is 5.89. The number of aromatic carboxylic acids is 1. The summed E-state index contributed by atoms with van der Waals surface area (Å²) in [5.74, 6) is 0.541. The summed E-state index contributed by atoms with van der Waals surface area (Å²) in [4.78, 5) is 25.9. The van der Waals surface area contributed by atoms with Crippen molar-refractivity contribution < 1.29 is 19.4 Å². The third-order valence-electron chi connectivity index (χ3n) is 5.52. The third-order valence-corrected chi connectivity index (χ3v) is 5.52. The summed E-state index contributed by atoms with van der Waals surface area (Å²) in [7, 11) is 1.65. The summed E-state index contributed by atoms with van der Waals surface area (Å²) in [6.07, 6.45) is 3.73. The van der Waals surface area contributed by atoms with Crippen molar-refractivity contribution in [1.82, 2.24) is 4.90 Å². The highest BCUT2D eigenvalue weighted by Crippen LogP contribution is 2.25. The molecule has 1 aliphatic rings. The van der Waals surface area contributed by atoms with E-state index in [-0.39, 0.29) is 5.91 Å². The molecular formula is C23H27NO4. The first-order chi connectivity index (χ1) is 13.6. The number of aryl methyl sites for hydroxylation is 1. The van der Waals surface area contributed by atoms with Gasteiger partial charge in [-0.3, -0.25) is 4.79 Å². The Labute approximate surface area is 165 Å². The number of piperidine rings is 1. The first-order valence-corrected chi connectivity index (χ1v) is 9.79. The van der Waals surface area contributed by atoms with Gasteiger partial charge in [0.2, 0.25) is 5.91 Å². The van der Waals surface area contributed by atoms with E-state index in [9.17, 15) is 14.7 Å². The molecule has 0 unspecified atom stereocenters. The minimum atomic E-state index is -0.875. The quantitative estimate of drug-likeness (QED) is 0.792. The highest BCUT2D eigenvalue weighted by atomic mass is 16.5. The number of amides is 1. The highest BCUT2D eigenvalue weighted by Gasteiger charge is 2.24. The molecule has 0 atom stereocenters. The lowest BCUT2D eigenvalue weighted by Gasteiger charge is -2.32. The Morgan fingerprint density at radius 2 is 1.68 bits per heavy atom. The molecule has 3 rings (SSSR count). The second-order valence-corrected chi connectivity index (χ2v) is 7.30. The van der Waals surface area contributed by atoms with Gasteiger partial charge in [0.05, 0.1) is 12.7 Å². The van der Waals surface area contributed by atoms with Crippen LogP contribution in [0.15, 0.2) is 48.5 Å². The van der Waals surface area contributed by atoms with Crippen LogP contribution in [-0.4, -0.2) is 42.1 Å². The van der Waals surface area contributed by atoms with Crippen LogP contribution in [0.3, 0.4) is 0 Å². The Bertz CT molecular complexity index is 825. The number of carbonyl (C=O) groups excluding carboxylic acids is 1. The number of likely N-dealkylation sites (tertiary alicyclic amines) is 1. The molecule has 2 aromatic carbocycles. The van der Waals surface area contributed by atoms with Gasteiger partial charge in [-0.2, -0.15) is 0 Å².